The molecule has 9 nitrogen and oxygen atoms in total. The molecule has 0 saturated carbocycles. The highest BCUT2D eigenvalue weighted by Crippen LogP contribution is 2.38. The van der Waals surface area contributed by atoms with Gasteiger partial charge in [-0.2, -0.15) is 26.3 Å². The molecule has 3 N–H and O–H groups in total. The summed E-state index contributed by atoms with van der Waals surface area (Å²) in [4.78, 5) is 38.0. The van der Waals surface area contributed by atoms with Crippen molar-refractivity contribution in [1.29, 1.82) is 5.41 Å². The lowest BCUT2D eigenvalue weighted by atomic mass is 9.84. The number of aromatic nitrogens is 2. The van der Waals surface area contributed by atoms with E-state index in [1.807, 2.05) is 13.8 Å². The zero-order valence-electron chi connectivity index (χ0n) is 25.2. The van der Waals surface area contributed by atoms with Crippen LogP contribution in [-0.4, -0.2) is 49.8 Å². The number of hydrogen-bond acceptors (Lipinski definition) is 6. The van der Waals surface area contributed by atoms with E-state index in [0.29, 0.717) is 23.3 Å². The van der Waals surface area contributed by atoms with Crippen LogP contribution in [0, 0.1) is 11.2 Å². The molecule has 3 aromatic rings. The second kappa shape index (κ2) is 12.4. The molecule has 0 bridgehead atoms. The SMILES string of the molecule is CC(C)Nc1ncc2c(n1)CN(C(=O)c1cc(CN3C(=N)N[C@](CCCC(F)(F)F)(c4ccc(F)cc4)C3=O)ccc1C(F)(F)F)C2. The average Bonchev–Trinajstić information content (AvgIpc) is 3.50. The highest BCUT2D eigenvalue weighted by atomic mass is 19.4. The summed E-state index contributed by atoms with van der Waals surface area (Å²) < 4.78 is 95.0. The van der Waals surface area contributed by atoms with Crippen LogP contribution < -0.4 is 10.6 Å². The lowest BCUT2D eigenvalue weighted by Gasteiger charge is -2.28. The minimum absolute atomic E-state index is 0.0178. The highest BCUT2D eigenvalue weighted by molar-refractivity contribution is 6.08. The van der Waals surface area contributed by atoms with Crippen LogP contribution in [0.4, 0.5) is 36.7 Å². The summed E-state index contributed by atoms with van der Waals surface area (Å²) in [7, 11) is 0. The van der Waals surface area contributed by atoms with Crippen molar-refractivity contribution in [2.75, 3.05) is 5.32 Å². The van der Waals surface area contributed by atoms with Gasteiger partial charge in [0.2, 0.25) is 5.95 Å². The zero-order chi connectivity index (χ0) is 34.3. The maximum Gasteiger partial charge on any atom is 0.417 e. The molecular formula is C31H30F7N7O2. The van der Waals surface area contributed by atoms with Crippen LogP contribution in [0.15, 0.2) is 48.7 Å². The Morgan fingerprint density at radius 1 is 1.09 bits per heavy atom. The summed E-state index contributed by atoms with van der Waals surface area (Å²) in [5, 5.41) is 14.1. The van der Waals surface area contributed by atoms with Crippen molar-refractivity contribution >= 4 is 23.7 Å². The number of rotatable bonds is 9. The maximum absolute atomic E-state index is 14.1. The van der Waals surface area contributed by atoms with Gasteiger partial charge < -0.3 is 15.5 Å². The molecular weight excluding hydrogens is 635 g/mol. The number of amides is 2. The Labute approximate surface area is 264 Å². The Balaban J connectivity index is 1.43. The molecule has 2 aliphatic heterocycles. The van der Waals surface area contributed by atoms with Gasteiger partial charge in [-0.25, -0.2) is 14.4 Å². The van der Waals surface area contributed by atoms with E-state index in [2.05, 4.69) is 20.6 Å². The fourth-order valence-electron chi connectivity index (χ4n) is 5.70. The molecule has 16 heteroatoms. The summed E-state index contributed by atoms with van der Waals surface area (Å²) in [6, 6.07) is 7.29. The predicted octanol–water partition coefficient (Wildman–Crippen LogP) is 6.11. The number of carbonyl (C=O) groups is 2. The summed E-state index contributed by atoms with van der Waals surface area (Å²) >= 11 is 0. The number of fused-ring (bicyclic) bond motifs is 1. The van der Waals surface area contributed by atoms with Gasteiger partial charge in [-0.05, 0) is 62.1 Å². The topological polar surface area (TPSA) is 114 Å². The number of hydrogen-bond donors (Lipinski definition) is 3. The third kappa shape index (κ3) is 7.15. The van der Waals surface area contributed by atoms with Crippen LogP contribution in [0.5, 0.6) is 0 Å². The molecule has 2 aliphatic rings. The molecule has 2 amide bonds. The number of anilines is 1. The number of halogens is 7. The van der Waals surface area contributed by atoms with Crippen LogP contribution in [0.3, 0.4) is 0 Å². The third-order valence-electron chi connectivity index (χ3n) is 7.88. The lowest BCUT2D eigenvalue weighted by Crippen LogP contribution is -2.44. The van der Waals surface area contributed by atoms with Gasteiger partial charge in [-0.3, -0.25) is 19.9 Å². The minimum atomic E-state index is -4.90. The summed E-state index contributed by atoms with van der Waals surface area (Å²) in [5.41, 5.74) is -2.52. The lowest BCUT2D eigenvalue weighted by molar-refractivity contribution is -0.140. The van der Waals surface area contributed by atoms with E-state index >= 15 is 0 Å². The number of carbonyl (C=O) groups excluding carboxylic acids is 2. The molecule has 1 aromatic heterocycles. The Kier molecular flexibility index (Phi) is 8.90. The normalized spacial score (nSPS) is 18.2. The molecule has 1 fully saturated rings. The summed E-state index contributed by atoms with van der Waals surface area (Å²) in [6.07, 6.45) is -10.0. The summed E-state index contributed by atoms with van der Waals surface area (Å²) in [6.45, 7) is 3.18. The fraction of sp³-hybridized carbons (Fsp3) is 0.387. The third-order valence-corrected chi connectivity index (χ3v) is 7.88. The second-order valence-corrected chi connectivity index (χ2v) is 11.7. The Morgan fingerprint density at radius 3 is 2.43 bits per heavy atom. The molecule has 5 rings (SSSR count). The van der Waals surface area contributed by atoms with Crippen molar-refractivity contribution in [3.63, 3.8) is 0 Å². The van der Waals surface area contributed by atoms with Gasteiger partial charge in [0.1, 0.15) is 11.4 Å². The maximum atomic E-state index is 14.1. The van der Waals surface area contributed by atoms with Crippen molar-refractivity contribution in [1.82, 2.24) is 25.1 Å². The van der Waals surface area contributed by atoms with Crippen LogP contribution >= 0.6 is 0 Å². The van der Waals surface area contributed by atoms with Gasteiger partial charge in [-0.1, -0.05) is 18.2 Å². The number of nitrogens with zero attached hydrogens (tertiary/aromatic N) is 4. The second-order valence-electron chi connectivity index (χ2n) is 11.7. The molecule has 1 atom stereocenters. The standard InChI is InChI=1S/C31H30F7N7O2/c1-17(2)41-28-40-13-19-15-44(16-24(19)42-28)25(46)22-12-18(4-9-23(22)31(36,37)38)14-45-26(47)29(43-27(45)39,10-3-11-30(33,34)35)20-5-7-21(32)8-6-20/h4-9,12-13,17H,3,10-11,14-16H2,1-2H3,(H2,39,43)(H,40,41,42)/t29-/m1/s1. The molecule has 250 valence electrons. The van der Waals surface area contributed by atoms with Crippen molar-refractivity contribution in [3.05, 3.63) is 88.0 Å². The van der Waals surface area contributed by atoms with E-state index in [1.54, 1.807) is 0 Å². The molecule has 1 saturated heterocycles. The molecule has 0 aliphatic carbocycles. The highest BCUT2D eigenvalue weighted by Gasteiger charge is 2.51. The summed E-state index contributed by atoms with van der Waals surface area (Å²) in [5.74, 6) is -2.64. The van der Waals surface area contributed by atoms with Gasteiger partial charge in [-0.15, -0.1) is 0 Å². The molecule has 2 aromatic carbocycles. The molecule has 0 radical (unpaired) electrons. The Hall–Kier alpha value is -4.76. The van der Waals surface area contributed by atoms with Crippen molar-refractivity contribution in [2.24, 2.45) is 0 Å². The fourth-order valence-corrected chi connectivity index (χ4v) is 5.70. The zero-order valence-corrected chi connectivity index (χ0v) is 25.2. The largest absolute Gasteiger partial charge is 0.417 e. The van der Waals surface area contributed by atoms with E-state index in [-0.39, 0.29) is 30.3 Å². The van der Waals surface area contributed by atoms with Gasteiger partial charge >= 0.3 is 12.4 Å². The van der Waals surface area contributed by atoms with E-state index in [0.717, 1.165) is 29.2 Å². The quantitative estimate of drug-likeness (QED) is 0.238. The molecule has 3 heterocycles. The van der Waals surface area contributed by atoms with Crippen LogP contribution in [0.1, 0.15) is 71.4 Å². The van der Waals surface area contributed by atoms with E-state index < -0.39 is 78.4 Å². The van der Waals surface area contributed by atoms with Crippen molar-refractivity contribution in [3.8, 4) is 0 Å². The first-order chi connectivity index (χ1) is 22.0. The monoisotopic (exact) mass is 665 g/mol. The Bertz CT molecular complexity index is 1690. The first-order valence-electron chi connectivity index (χ1n) is 14.6. The number of benzene rings is 2. The molecule has 47 heavy (non-hydrogen) atoms. The van der Waals surface area contributed by atoms with Gasteiger partial charge in [0, 0.05) is 30.8 Å². The molecule has 0 unspecified atom stereocenters. The van der Waals surface area contributed by atoms with Gasteiger partial charge in [0.05, 0.1) is 29.9 Å². The van der Waals surface area contributed by atoms with Crippen LogP contribution in [-0.2, 0) is 36.1 Å². The first kappa shape index (κ1) is 33.6. The van der Waals surface area contributed by atoms with Crippen LogP contribution in [0.25, 0.3) is 0 Å². The van der Waals surface area contributed by atoms with E-state index in [9.17, 15) is 40.3 Å². The Morgan fingerprint density at radius 2 is 1.79 bits per heavy atom. The minimum Gasteiger partial charge on any atom is -0.352 e. The van der Waals surface area contributed by atoms with Crippen molar-refractivity contribution < 1.29 is 40.3 Å². The average molecular weight is 666 g/mol. The number of nitrogens with one attached hydrogen (secondary N) is 3. The molecule has 0 spiro atoms. The predicted molar refractivity (Wildman–Crippen MR) is 155 cm³/mol. The van der Waals surface area contributed by atoms with E-state index in [4.69, 9.17) is 5.41 Å². The number of guanidine groups is 1. The first-order valence-corrected chi connectivity index (χ1v) is 14.6. The van der Waals surface area contributed by atoms with Gasteiger partial charge in [0.25, 0.3) is 11.8 Å². The van der Waals surface area contributed by atoms with E-state index in [1.165, 1.54) is 23.2 Å². The number of alkyl halides is 6. The van der Waals surface area contributed by atoms with Crippen molar-refractivity contribution in [2.45, 2.75) is 76.7 Å². The van der Waals surface area contributed by atoms with Gasteiger partial charge in [0.15, 0.2) is 5.96 Å². The smallest absolute Gasteiger partial charge is 0.352 e. The van der Waals surface area contributed by atoms with Crippen LogP contribution in [0.2, 0.25) is 0 Å².